The Labute approximate surface area is 131 Å². The molecule has 3 N–H and O–H groups in total. The minimum Gasteiger partial charge on any atom is -0.382 e. The van der Waals surface area contributed by atoms with Crippen molar-refractivity contribution in [1.29, 1.82) is 0 Å². The van der Waals surface area contributed by atoms with E-state index in [0.717, 1.165) is 30.8 Å². The maximum Gasteiger partial charge on any atom is 0.258 e. The number of nitrogens with two attached hydrogens (primary N) is 1. The van der Waals surface area contributed by atoms with Gasteiger partial charge in [-0.2, -0.15) is 4.37 Å². The van der Waals surface area contributed by atoms with E-state index < -0.39 is 0 Å². The van der Waals surface area contributed by atoms with Gasteiger partial charge in [0.15, 0.2) is 5.82 Å². The summed E-state index contributed by atoms with van der Waals surface area (Å²) in [5.74, 6) is 0.286. The van der Waals surface area contributed by atoms with Crippen molar-refractivity contribution in [3.8, 4) is 0 Å². The third kappa shape index (κ3) is 4.09. The zero-order valence-electron chi connectivity index (χ0n) is 13.2. The Balaban J connectivity index is 2.16. The van der Waals surface area contributed by atoms with Gasteiger partial charge in [-0.15, -0.1) is 0 Å². The molecule has 1 heterocycles. The molecule has 0 bridgehead atoms. The number of anilines is 2. The molecule has 1 fully saturated rings. The van der Waals surface area contributed by atoms with Gasteiger partial charge in [-0.1, -0.05) is 19.8 Å². The van der Waals surface area contributed by atoms with Crippen molar-refractivity contribution in [2.24, 2.45) is 0 Å². The molecule has 1 aliphatic rings. The largest absolute Gasteiger partial charge is 0.382 e. The Morgan fingerprint density at radius 3 is 2.76 bits per heavy atom. The minimum absolute atomic E-state index is 0.0695. The van der Waals surface area contributed by atoms with Crippen LogP contribution in [-0.4, -0.2) is 28.9 Å². The molecule has 1 saturated carbocycles. The number of nitrogen functional groups attached to an aromatic ring is 1. The number of aromatic nitrogens is 1. The van der Waals surface area contributed by atoms with E-state index in [9.17, 15) is 4.79 Å². The second-order valence-corrected chi connectivity index (χ2v) is 6.74. The molecule has 0 unspecified atom stereocenters. The molecule has 2 rings (SSSR count). The van der Waals surface area contributed by atoms with Crippen molar-refractivity contribution >= 4 is 28.3 Å². The van der Waals surface area contributed by atoms with Crippen LogP contribution in [-0.2, 0) is 0 Å². The summed E-state index contributed by atoms with van der Waals surface area (Å²) in [7, 11) is 0. The number of hydrogen-bond donors (Lipinski definition) is 2. The highest BCUT2D eigenvalue weighted by molar-refractivity contribution is 7.11. The lowest BCUT2D eigenvalue weighted by Gasteiger charge is -2.28. The maximum absolute atomic E-state index is 12.4. The van der Waals surface area contributed by atoms with Crippen LogP contribution in [0.3, 0.4) is 0 Å². The molecule has 1 amide bonds. The molecule has 5 nitrogen and oxygen atoms in total. The lowest BCUT2D eigenvalue weighted by atomic mass is 10.2. The number of hydrogen-bond acceptors (Lipinski definition) is 5. The molecule has 118 valence electrons. The fourth-order valence-corrected chi connectivity index (χ4v) is 3.29. The number of nitrogens with zero attached hydrogens (tertiary/aromatic N) is 2. The fourth-order valence-electron chi connectivity index (χ4n) is 2.31. The maximum atomic E-state index is 12.4. The van der Waals surface area contributed by atoms with Crippen molar-refractivity contribution < 1.29 is 4.79 Å². The van der Waals surface area contributed by atoms with Gasteiger partial charge in [-0.25, -0.2) is 0 Å². The van der Waals surface area contributed by atoms with Gasteiger partial charge in [-0.05, 0) is 44.6 Å². The zero-order chi connectivity index (χ0) is 15.4. The van der Waals surface area contributed by atoms with E-state index in [1.165, 1.54) is 24.4 Å². The molecule has 1 aromatic heterocycles. The molecule has 0 atom stereocenters. The minimum atomic E-state index is -0.0695. The number of carbonyl (C=O) groups excluding carboxylic acids is 1. The summed E-state index contributed by atoms with van der Waals surface area (Å²) in [6, 6.07) is 0.659. The van der Waals surface area contributed by atoms with Gasteiger partial charge in [0.25, 0.3) is 5.91 Å². The Morgan fingerprint density at radius 1 is 1.48 bits per heavy atom. The van der Waals surface area contributed by atoms with Crippen LogP contribution in [0, 0.1) is 0 Å². The van der Waals surface area contributed by atoms with Gasteiger partial charge in [0, 0.05) is 18.6 Å². The van der Waals surface area contributed by atoms with Crippen LogP contribution >= 0.6 is 11.5 Å². The number of amides is 1. The zero-order valence-corrected chi connectivity index (χ0v) is 14.0. The molecule has 0 aliphatic heterocycles. The Bertz CT molecular complexity index is 482. The van der Waals surface area contributed by atoms with Crippen molar-refractivity contribution in [3.63, 3.8) is 0 Å². The fraction of sp³-hybridized carbons (Fsp3) is 0.733. The van der Waals surface area contributed by atoms with E-state index in [2.05, 4.69) is 35.4 Å². The molecule has 0 saturated heterocycles. The van der Waals surface area contributed by atoms with Gasteiger partial charge < -0.3 is 16.0 Å². The highest BCUT2D eigenvalue weighted by Gasteiger charge is 2.29. The molecular formula is C15H26N4OS. The normalized spacial score (nSPS) is 14.5. The van der Waals surface area contributed by atoms with Crippen LogP contribution in [0.2, 0.25) is 0 Å². The smallest absolute Gasteiger partial charge is 0.258 e. The van der Waals surface area contributed by atoms with Gasteiger partial charge in [0.05, 0.1) is 0 Å². The molecule has 0 radical (unpaired) electrons. The number of nitrogens with one attached hydrogen (secondary N) is 1. The van der Waals surface area contributed by atoms with Gasteiger partial charge in [0.2, 0.25) is 0 Å². The molecular weight excluding hydrogens is 284 g/mol. The Morgan fingerprint density at radius 2 is 2.19 bits per heavy atom. The molecule has 21 heavy (non-hydrogen) atoms. The van der Waals surface area contributed by atoms with E-state index in [-0.39, 0.29) is 5.91 Å². The van der Waals surface area contributed by atoms with Crippen molar-refractivity contribution in [1.82, 2.24) is 9.69 Å². The predicted molar refractivity (Wildman–Crippen MR) is 89.0 cm³/mol. The van der Waals surface area contributed by atoms with E-state index in [4.69, 9.17) is 5.73 Å². The van der Waals surface area contributed by atoms with Crippen molar-refractivity contribution in [2.75, 3.05) is 17.2 Å². The Kier molecular flexibility index (Phi) is 5.45. The summed E-state index contributed by atoms with van der Waals surface area (Å²) in [5.41, 5.74) is 6.51. The van der Waals surface area contributed by atoms with E-state index >= 15 is 0 Å². The van der Waals surface area contributed by atoms with E-state index in [1.54, 1.807) is 0 Å². The number of unbranched alkanes of at least 4 members (excludes halogenated alkanes) is 2. The first-order valence-corrected chi connectivity index (χ1v) is 8.64. The quantitative estimate of drug-likeness (QED) is 0.724. The second kappa shape index (κ2) is 7.11. The predicted octanol–water partition coefficient (Wildman–Crippen LogP) is 3.02. The summed E-state index contributed by atoms with van der Waals surface area (Å²) in [5, 5.41) is 3.93. The second-order valence-electron chi connectivity index (χ2n) is 5.99. The van der Waals surface area contributed by atoms with Crippen LogP contribution in [0.1, 0.15) is 63.2 Å². The molecule has 0 spiro atoms. The van der Waals surface area contributed by atoms with Gasteiger partial charge in [-0.3, -0.25) is 4.79 Å². The van der Waals surface area contributed by atoms with Crippen LogP contribution in [0.15, 0.2) is 0 Å². The summed E-state index contributed by atoms with van der Waals surface area (Å²) in [6.45, 7) is 7.42. The lowest BCUT2D eigenvalue weighted by molar-refractivity contribution is 0.0952. The monoisotopic (exact) mass is 310 g/mol. The SMILES string of the molecule is CCCCCN(c1snc(N)c1C(=O)NC1CC1)C(C)C. The van der Waals surface area contributed by atoms with Gasteiger partial charge in [0.1, 0.15) is 10.6 Å². The van der Waals surface area contributed by atoms with Crippen molar-refractivity contribution in [3.05, 3.63) is 5.56 Å². The van der Waals surface area contributed by atoms with Crippen LogP contribution in [0.4, 0.5) is 10.8 Å². The highest BCUT2D eigenvalue weighted by atomic mass is 32.1. The standard InChI is InChI=1S/C15H26N4OS/c1-4-5-6-9-19(10(2)3)15-12(13(16)18-21-15)14(20)17-11-7-8-11/h10-11H,4-9H2,1-3H3,(H2,16,18)(H,17,20). The van der Waals surface area contributed by atoms with Gasteiger partial charge >= 0.3 is 0 Å². The summed E-state index contributed by atoms with van der Waals surface area (Å²) >= 11 is 1.34. The Hall–Kier alpha value is -1.30. The number of carbonyl (C=O) groups is 1. The average Bonchev–Trinajstić information content (AvgIpc) is 3.15. The average molecular weight is 310 g/mol. The third-order valence-electron chi connectivity index (χ3n) is 3.73. The first-order valence-electron chi connectivity index (χ1n) is 7.87. The molecule has 1 aromatic rings. The summed E-state index contributed by atoms with van der Waals surface area (Å²) in [6.07, 6.45) is 5.65. The lowest BCUT2D eigenvalue weighted by Crippen LogP contribution is -2.34. The van der Waals surface area contributed by atoms with E-state index in [0.29, 0.717) is 23.5 Å². The van der Waals surface area contributed by atoms with Crippen LogP contribution in [0.5, 0.6) is 0 Å². The number of rotatable bonds is 8. The molecule has 6 heteroatoms. The first-order chi connectivity index (χ1) is 10.0. The third-order valence-corrected chi connectivity index (χ3v) is 4.63. The topological polar surface area (TPSA) is 71.2 Å². The summed E-state index contributed by atoms with van der Waals surface area (Å²) in [4.78, 5) is 14.7. The first kappa shape index (κ1) is 16.1. The molecule has 1 aliphatic carbocycles. The van der Waals surface area contributed by atoms with Crippen LogP contribution in [0.25, 0.3) is 0 Å². The van der Waals surface area contributed by atoms with Crippen molar-refractivity contribution in [2.45, 2.75) is 65.0 Å². The summed E-state index contributed by atoms with van der Waals surface area (Å²) < 4.78 is 4.21. The highest BCUT2D eigenvalue weighted by Crippen LogP contribution is 2.33. The van der Waals surface area contributed by atoms with E-state index in [1.807, 2.05) is 0 Å². The molecule has 0 aromatic carbocycles. The van der Waals surface area contributed by atoms with Crippen LogP contribution < -0.4 is 16.0 Å².